The fraction of sp³-hybridized carbons (Fsp3) is 0.727. The second-order valence-corrected chi connectivity index (χ2v) is 12.3. The van der Waals surface area contributed by atoms with Gasteiger partial charge in [0.15, 0.2) is 5.78 Å². The summed E-state index contributed by atoms with van der Waals surface area (Å²) < 4.78 is 0. The molecule has 0 aliphatic heterocycles. The van der Waals surface area contributed by atoms with Gasteiger partial charge in [-0.05, 0) is 43.4 Å². The molecular weight excluding hydrogens is 488 g/mol. The van der Waals surface area contributed by atoms with Crippen molar-refractivity contribution >= 4 is 208 Å². The summed E-state index contributed by atoms with van der Waals surface area (Å²) >= 11 is 5.28. The molecule has 3 aliphatic carbocycles. The number of allylic oxidation sites excluding steroid dienone is 1. The molecule has 0 amide bonds. The van der Waals surface area contributed by atoms with Crippen molar-refractivity contribution in [3.8, 4) is 0 Å². The molecule has 0 heterocycles. The molecule has 0 spiro atoms. The van der Waals surface area contributed by atoms with E-state index in [1.54, 1.807) is 0 Å². The number of ketones is 1. The van der Waals surface area contributed by atoms with Gasteiger partial charge in [0.2, 0.25) is 0 Å². The molecule has 3 saturated carbocycles. The fourth-order valence-corrected chi connectivity index (χ4v) is 8.11. The van der Waals surface area contributed by atoms with Gasteiger partial charge in [-0.25, -0.2) is 0 Å². The Morgan fingerprint density at radius 2 is 1.17 bits per heavy atom. The van der Waals surface area contributed by atoms with Crippen LogP contribution < -0.4 is 0 Å². The molecule has 4 atom stereocenters. The summed E-state index contributed by atoms with van der Waals surface area (Å²) in [6.45, 7) is 0. The number of hydrogen-bond acceptors (Lipinski definition) is 3. The summed E-state index contributed by atoms with van der Waals surface area (Å²) in [5.41, 5.74) is 0.725. The van der Waals surface area contributed by atoms with E-state index in [4.69, 9.17) is 118 Å². The monoisotopic (exact) mass is 507 g/mol. The molecule has 0 aromatic rings. The van der Waals surface area contributed by atoms with Crippen molar-refractivity contribution in [2.24, 2.45) is 23.7 Å². The third kappa shape index (κ3) is 9.14. The second kappa shape index (κ2) is 17.2. The zero-order valence-corrected chi connectivity index (χ0v) is 24.4. The maximum atomic E-state index is 11.8. The summed E-state index contributed by atoms with van der Waals surface area (Å²) in [5, 5.41) is 9.03. The molecule has 1 N–H and O–H groups in total. The van der Waals surface area contributed by atoms with Crippen molar-refractivity contribution in [1.82, 2.24) is 0 Å². The number of carbonyl (C=O) groups is 1. The Bertz CT molecular complexity index is 847. The molecule has 4 unspecified atom stereocenters. The number of aliphatic hydroxyl groups is 1. The van der Waals surface area contributed by atoms with Crippen LogP contribution in [-0.4, -0.2) is 201 Å². The van der Waals surface area contributed by atoms with Crippen molar-refractivity contribution in [3.63, 3.8) is 0 Å². The number of carbonyl (C=O) groups excluding carboxylic acids is 1. The van der Waals surface area contributed by atoms with Gasteiger partial charge in [0.25, 0.3) is 0 Å². The first-order valence-corrected chi connectivity index (χ1v) is 14.6. The van der Waals surface area contributed by atoms with Crippen LogP contribution in [0.4, 0.5) is 0 Å². The van der Waals surface area contributed by atoms with Crippen LogP contribution in [0.5, 0.6) is 0 Å². The summed E-state index contributed by atoms with van der Waals surface area (Å²) in [4.78, 5) is 11.8. The average Bonchev–Trinajstić information content (AvgIpc) is 3.11. The van der Waals surface area contributed by atoms with E-state index in [0.717, 1.165) is 37.0 Å². The third-order valence-corrected chi connectivity index (χ3v) is 9.78. The maximum absolute atomic E-state index is 11.8. The van der Waals surface area contributed by atoms with Crippen LogP contribution in [0.15, 0.2) is 11.8 Å². The first-order chi connectivity index (χ1) is 19.1. The van der Waals surface area contributed by atoms with E-state index in [2.05, 4.69) is 0 Å². The van der Waals surface area contributed by atoms with Crippen LogP contribution in [0.1, 0.15) is 25.7 Å². The summed E-state index contributed by atoms with van der Waals surface area (Å²) in [7, 11) is 78.7. The van der Waals surface area contributed by atoms with E-state index in [1.165, 1.54) is 19.5 Å². The minimum absolute atomic E-state index is 0.253. The first-order valence-electron chi connectivity index (χ1n) is 14.1. The summed E-state index contributed by atoms with van der Waals surface area (Å²) in [6.07, 6.45) is -4.03. The SMILES string of the molecule is O=C1/C(=C/O)C2CC3CC(C2)C1C3.[B][B]B(B([B])[B])B(B([B])[B])B(B=S)B(B(B([B])[B])B([B])[B])B(B([B])[B])B([B])[B]. The molecule has 3 bridgehead atoms. The Kier molecular flexibility index (Phi) is 16.1. The number of fused-ring (bicyclic) bond motifs is 2. The second-order valence-electron chi connectivity index (χ2n) is 12.1. The van der Waals surface area contributed by atoms with E-state index in [9.17, 15) is 4.79 Å². The minimum atomic E-state index is -0.969. The van der Waals surface area contributed by atoms with Gasteiger partial charge < -0.3 is 5.11 Å². The van der Waals surface area contributed by atoms with E-state index in [-0.39, 0.29) is 11.7 Å². The number of rotatable bonds is 13. The standard InChI is InChI=1S/C11H14O2.B27S/c12-5-10-8-2-6-1-7(4-8)9(3-6)11(10)13;1-14-22(16(2)3)26(21(12)13)23(15-28)27(24(17(4)5)18(6)7)25(19(8)9)20(10)11/h5-9,12H,1-4H2;/b10-5+;. The Hall–Kier alpha value is 1.18. The molecule has 30 heteroatoms. The fourth-order valence-electron chi connectivity index (χ4n) is 7.75. The quantitative estimate of drug-likeness (QED) is 0.155. The molecule has 2 nitrogen and oxygen atoms in total. The molecule has 157 valence electrons. The zero-order chi connectivity index (χ0) is 31.3. The van der Waals surface area contributed by atoms with Crippen molar-refractivity contribution in [3.05, 3.63) is 11.8 Å². The number of aliphatic hydroxyl groups excluding tert-OH is 1. The van der Waals surface area contributed by atoms with Gasteiger partial charge in [0.1, 0.15) is 0 Å². The molecule has 0 aromatic heterocycles. The molecule has 0 aromatic carbocycles. The Morgan fingerprint density at radius 1 is 0.683 bits per heavy atom. The van der Waals surface area contributed by atoms with E-state index in [0.29, 0.717) is 11.8 Å². The molecule has 27 radical (unpaired) electrons. The first kappa shape index (κ1) is 38.4. The summed E-state index contributed by atoms with van der Waals surface area (Å²) in [5.74, 6) is 2.33. The molecule has 41 heavy (non-hydrogen) atoms. The Labute approximate surface area is 277 Å². The number of Topliss-reactive ketones (excluding diaryl/α,β-unsaturated/α-hetero) is 1. The van der Waals surface area contributed by atoms with Crippen LogP contribution in [0, 0.1) is 23.7 Å². The zero-order valence-electron chi connectivity index (χ0n) is 23.6. The topological polar surface area (TPSA) is 37.3 Å². The van der Waals surface area contributed by atoms with Gasteiger partial charge in [-0.2, -0.15) is 0 Å². The van der Waals surface area contributed by atoms with Gasteiger partial charge in [-0.15, -0.1) is 0 Å². The third-order valence-electron chi connectivity index (χ3n) is 9.47. The predicted octanol–water partition coefficient (Wildman–Crippen LogP) is -7.57. The predicted molar refractivity (Wildman–Crippen MR) is 211 cm³/mol. The van der Waals surface area contributed by atoms with E-state index < -0.39 is 76.6 Å². The Morgan fingerprint density at radius 3 is 1.54 bits per heavy atom. The van der Waals surface area contributed by atoms with Gasteiger partial charge in [0.05, 0.1) is 6.26 Å². The molecule has 3 rings (SSSR count). The van der Waals surface area contributed by atoms with Crippen LogP contribution in [0.3, 0.4) is 0 Å². The van der Waals surface area contributed by atoms with Gasteiger partial charge >= 0.3 is 202 Å². The van der Waals surface area contributed by atoms with Gasteiger partial charge in [0, 0.05) is 11.5 Å². The normalized spacial score (nSPS) is 22.2. The molecule has 3 fully saturated rings. The van der Waals surface area contributed by atoms with Crippen LogP contribution in [0.25, 0.3) is 0 Å². The average molecular weight is 502 g/mol. The van der Waals surface area contributed by atoms with Crippen LogP contribution >= 0.6 is 12.1 Å². The Balaban J connectivity index is 0.000000366. The summed E-state index contributed by atoms with van der Waals surface area (Å²) in [6, 6.07) is 1.43. The van der Waals surface area contributed by atoms with Crippen molar-refractivity contribution < 1.29 is 9.90 Å². The van der Waals surface area contributed by atoms with E-state index in [1.807, 2.05) is 0 Å². The molecule has 0 saturated heterocycles. The number of hydrogen-bond donors (Lipinski definition) is 1. The van der Waals surface area contributed by atoms with Crippen molar-refractivity contribution in [1.29, 1.82) is 0 Å². The molecule has 3 aliphatic rings. The van der Waals surface area contributed by atoms with Gasteiger partial charge in [-0.1, -0.05) is 0 Å². The van der Waals surface area contributed by atoms with Gasteiger partial charge in [-0.3, -0.25) is 4.79 Å². The van der Waals surface area contributed by atoms with Crippen molar-refractivity contribution in [2.75, 3.05) is 0 Å². The van der Waals surface area contributed by atoms with Crippen molar-refractivity contribution in [2.45, 2.75) is 25.7 Å². The molecular formula is C11H14B27O2S. The van der Waals surface area contributed by atoms with Crippen LogP contribution in [-0.2, 0) is 4.79 Å². The van der Waals surface area contributed by atoms with E-state index >= 15 is 0 Å². The van der Waals surface area contributed by atoms with Crippen LogP contribution in [0.2, 0.25) is 0 Å².